The van der Waals surface area contributed by atoms with E-state index in [2.05, 4.69) is 43.8 Å². The Morgan fingerprint density at radius 3 is 2.59 bits per heavy atom. The fourth-order valence-electron chi connectivity index (χ4n) is 2.46. The SMILES string of the molecule is O=C(C[C@]1(O)C(=O)Nc2ccc(Br)cc21)c1ccc(I)cc1. The number of hydrogen-bond acceptors (Lipinski definition) is 3. The number of fused-ring (bicyclic) bond motifs is 1. The normalized spacial score (nSPS) is 19.7. The zero-order valence-electron chi connectivity index (χ0n) is 11.3. The van der Waals surface area contributed by atoms with Gasteiger partial charge in [-0.1, -0.05) is 28.1 Å². The van der Waals surface area contributed by atoms with E-state index in [0.29, 0.717) is 16.8 Å². The van der Waals surface area contributed by atoms with Crippen molar-refractivity contribution in [3.8, 4) is 0 Å². The number of rotatable bonds is 3. The minimum absolute atomic E-state index is 0.276. The third-order valence-electron chi connectivity index (χ3n) is 3.63. The molecule has 1 heterocycles. The first-order chi connectivity index (χ1) is 10.4. The van der Waals surface area contributed by atoms with Crippen molar-refractivity contribution < 1.29 is 14.7 Å². The molecule has 0 aromatic heterocycles. The molecular weight excluding hydrogens is 461 g/mol. The molecule has 112 valence electrons. The highest BCUT2D eigenvalue weighted by Crippen LogP contribution is 2.40. The molecule has 0 aliphatic carbocycles. The van der Waals surface area contributed by atoms with Crippen molar-refractivity contribution >= 4 is 55.9 Å². The van der Waals surface area contributed by atoms with Crippen LogP contribution in [-0.4, -0.2) is 16.8 Å². The molecule has 3 rings (SSSR count). The lowest BCUT2D eigenvalue weighted by molar-refractivity contribution is -0.133. The smallest absolute Gasteiger partial charge is 0.261 e. The number of carbonyl (C=O) groups excluding carboxylic acids is 2. The summed E-state index contributed by atoms with van der Waals surface area (Å²) < 4.78 is 1.75. The highest BCUT2D eigenvalue weighted by atomic mass is 127. The van der Waals surface area contributed by atoms with Gasteiger partial charge in [0.2, 0.25) is 0 Å². The Morgan fingerprint density at radius 1 is 1.23 bits per heavy atom. The molecule has 1 aliphatic rings. The zero-order chi connectivity index (χ0) is 15.9. The fraction of sp³-hybridized carbons (Fsp3) is 0.125. The molecule has 0 bridgehead atoms. The molecule has 0 fully saturated rings. The molecule has 0 spiro atoms. The maximum atomic E-state index is 12.4. The summed E-state index contributed by atoms with van der Waals surface area (Å²) in [5.74, 6) is -0.846. The van der Waals surface area contributed by atoms with Crippen LogP contribution in [0.2, 0.25) is 0 Å². The second-order valence-corrected chi connectivity index (χ2v) is 7.27. The maximum absolute atomic E-state index is 12.4. The number of carbonyl (C=O) groups is 2. The number of nitrogens with one attached hydrogen (secondary N) is 1. The third-order valence-corrected chi connectivity index (χ3v) is 4.85. The van der Waals surface area contributed by atoms with Crippen LogP contribution in [0.3, 0.4) is 0 Å². The first-order valence-electron chi connectivity index (χ1n) is 6.53. The molecule has 0 unspecified atom stereocenters. The van der Waals surface area contributed by atoms with Crippen LogP contribution in [0.5, 0.6) is 0 Å². The molecule has 2 aromatic carbocycles. The summed E-state index contributed by atoms with van der Waals surface area (Å²) in [7, 11) is 0. The van der Waals surface area contributed by atoms with Gasteiger partial charge in [-0.3, -0.25) is 9.59 Å². The van der Waals surface area contributed by atoms with Gasteiger partial charge >= 0.3 is 0 Å². The van der Waals surface area contributed by atoms with Crippen LogP contribution in [0.15, 0.2) is 46.9 Å². The van der Waals surface area contributed by atoms with E-state index in [-0.39, 0.29) is 12.2 Å². The van der Waals surface area contributed by atoms with Crippen molar-refractivity contribution in [3.05, 3.63) is 61.6 Å². The van der Waals surface area contributed by atoms with Gasteiger partial charge < -0.3 is 10.4 Å². The number of anilines is 1. The minimum atomic E-state index is -1.83. The number of benzene rings is 2. The van der Waals surface area contributed by atoms with Gasteiger partial charge in [-0.25, -0.2) is 0 Å². The summed E-state index contributed by atoms with van der Waals surface area (Å²) in [5.41, 5.74) is -0.402. The number of hydrogen-bond donors (Lipinski definition) is 2. The van der Waals surface area contributed by atoms with Crippen molar-refractivity contribution in [2.45, 2.75) is 12.0 Å². The number of Topliss-reactive ketones (excluding diaryl/α,β-unsaturated/α-hetero) is 1. The highest BCUT2D eigenvalue weighted by molar-refractivity contribution is 14.1. The first-order valence-corrected chi connectivity index (χ1v) is 8.40. The molecular formula is C16H11BrINO3. The predicted molar refractivity (Wildman–Crippen MR) is 94.8 cm³/mol. The predicted octanol–water partition coefficient (Wildman–Crippen LogP) is 3.47. The van der Waals surface area contributed by atoms with Crippen molar-refractivity contribution in [2.24, 2.45) is 0 Å². The van der Waals surface area contributed by atoms with E-state index in [1.54, 1.807) is 30.3 Å². The highest BCUT2D eigenvalue weighted by Gasteiger charge is 2.46. The molecule has 22 heavy (non-hydrogen) atoms. The Bertz CT molecular complexity index is 775. The lowest BCUT2D eigenvalue weighted by atomic mass is 9.88. The van der Waals surface area contributed by atoms with Crippen molar-refractivity contribution in [3.63, 3.8) is 0 Å². The van der Waals surface area contributed by atoms with Crippen molar-refractivity contribution in [1.29, 1.82) is 0 Å². The fourth-order valence-corrected chi connectivity index (χ4v) is 3.18. The summed E-state index contributed by atoms with van der Waals surface area (Å²) in [5, 5.41) is 13.4. The van der Waals surface area contributed by atoms with E-state index in [0.717, 1.165) is 8.04 Å². The van der Waals surface area contributed by atoms with Crippen LogP contribution in [0.4, 0.5) is 5.69 Å². The van der Waals surface area contributed by atoms with Crippen LogP contribution in [-0.2, 0) is 10.4 Å². The Kier molecular flexibility index (Phi) is 4.09. The number of aliphatic hydroxyl groups is 1. The quantitative estimate of drug-likeness (QED) is 0.532. The molecule has 1 atom stereocenters. The molecule has 0 saturated carbocycles. The lowest BCUT2D eigenvalue weighted by Gasteiger charge is -2.20. The average Bonchev–Trinajstić information content (AvgIpc) is 2.71. The molecule has 0 saturated heterocycles. The van der Waals surface area contributed by atoms with Crippen LogP contribution < -0.4 is 5.32 Å². The third kappa shape index (κ3) is 2.70. The van der Waals surface area contributed by atoms with Gasteiger partial charge in [0.15, 0.2) is 11.4 Å². The minimum Gasteiger partial charge on any atom is -0.375 e. The largest absolute Gasteiger partial charge is 0.375 e. The molecule has 1 amide bonds. The summed E-state index contributed by atoms with van der Waals surface area (Å²) in [6.45, 7) is 0. The summed E-state index contributed by atoms with van der Waals surface area (Å²) in [4.78, 5) is 24.6. The van der Waals surface area contributed by atoms with Gasteiger partial charge in [0, 0.05) is 24.9 Å². The van der Waals surface area contributed by atoms with Crippen LogP contribution >= 0.6 is 38.5 Å². The summed E-state index contributed by atoms with van der Waals surface area (Å²) in [6, 6.07) is 12.2. The molecule has 2 aromatic rings. The molecule has 6 heteroatoms. The molecule has 2 N–H and O–H groups in total. The van der Waals surface area contributed by atoms with E-state index in [1.807, 2.05) is 12.1 Å². The van der Waals surface area contributed by atoms with Crippen LogP contribution in [0.25, 0.3) is 0 Å². The second-order valence-electron chi connectivity index (χ2n) is 5.11. The van der Waals surface area contributed by atoms with Gasteiger partial charge in [-0.15, -0.1) is 0 Å². The molecule has 0 radical (unpaired) electrons. The van der Waals surface area contributed by atoms with E-state index < -0.39 is 11.5 Å². The lowest BCUT2D eigenvalue weighted by Crippen LogP contribution is -2.36. The van der Waals surface area contributed by atoms with Gasteiger partial charge in [0.1, 0.15) is 0 Å². The molecule has 1 aliphatic heterocycles. The first kappa shape index (κ1) is 15.6. The monoisotopic (exact) mass is 471 g/mol. The van der Waals surface area contributed by atoms with Gasteiger partial charge in [0.25, 0.3) is 5.91 Å². The van der Waals surface area contributed by atoms with E-state index in [1.165, 1.54) is 0 Å². The number of ketones is 1. The van der Waals surface area contributed by atoms with E-state index in [9.17, 15) is 14.7 Å². The van der Waals surface area contributed by atoms with E-state index >= 15 is 0 Å². The standard InChI is InChI=1S/C16H11BrINO3/c17-10-3-6-13-12(7-10)16(22,15(21)19-13)8-14(20)9-1-4-11(18)5-2-9/h1-7,22H,8H2,(H,19,21)/t16-/m1/s1. The maximum Gasteiger partial charge on any atom is 0.261 e. The topological polar surface area (TPSA) is 66.4 Å². The van der Waals surface area contributed by atoms with Gasteiger partial charge in [-0.05, 0) is 52.9 Å². The van der Waals surface area contributed by atoms with Crippen molar-refractivity contribution in [2.75, 3.05) is 5.32 Å². The van der Waals surface area contributed by atoms with E-state index in [4.69, 9.17) is 0 Å². The number of amides is 1. The number of halogens is 2. The Balaban J connectivity index is 1.94. The van der Waals surface area contributed by atoms with Gasteiger partial charge in [-0.2, -0.15) is 0 Å². The summed E-state index contributed by atoms with van der Waals surface area (Å²) in [6.07, 6.45) is -0.289. The second kappa shape index (κ2) is 5.75. The zero-order valence-corrected chi connectivity index (χ0v) is 15.0. The Hall–Kier alpha value is -1.25. The Morgan fingerprint density at radius 2 is 1.91 bits per heavy atom. The van der Waals surface area contributed by atoms with Gasteiger partial charge in [0.05, 0.1) is 6.42 Å². The van der Waals surface area contributed by atoms with Crippen molar-refractivity contribution in [1.82, 2.24) is 0 Å². The summed E-state index contributed by atoms with van der Waals surface area (Å²) >= 11 is 5.47. The average molecular weight is 472 g/mol. The van der Waals surface area contributed by atoms with Crippen LogP contribution in [0, 0.1) is 3.57 Å². The van der Waals surface area contributed by atoms with Crippen LogP contribution in [0.1, 0.15) is 22.3 Å². The molecule has 4 nitrogen and oxygen atoms in total. The Labute approximate surface area is 149 Å².